The predicted molar refractivity (Wildman–Crippen MR) is 92.8 cm³/mol. The summed E-state index contributed by atoms with van der Waals surface area (Å²) >= 11 is 0. The Kier molecular flexibility index (Phi) is 4.75. The summed E-state index contributed by atoms with van der Waals surface area (Å²) in [6.07, 6.45) is 5.54. The second-order valence-corrected chi connectivity index (χ2v) is 5.74. The molecule has 4 heteroatoms. The van der Waals surface area contributed by atoms with Crippen molar-refractivity contribution in [1.29, 1.82) is 0 Å². The molecule has 3 rings (SSSR count). The average molecular weight is 320 g/mol. The van der Waals surface area contributed by atoms with E-state index in [-0.39, 0.29) is 17.9 Å². The number of hydrogen-bond donors (Lipinski definition) is 0. The lowest BCUT2D eigenvalue weighted by Crippen LogP contribution is -2.13. The van der Waals surface area contributed by atoms with E-state index >= 15 is 0 Å². The van der Waals surface area contributed by atoms with Crippen LogP contribution in [0.25, 0.3) is 0 Å². The zero-order chi connectivity index (χ0) is 16.9. The van der Waals surface area contributed by atoms with Crippen LogP contribution in [0.15, 0.2) is 73.3 Å². The fraction of sp³-hybridized carbons (Fsp3) is 0.200. The van der Waals surface area contributed by atoms with Crippen LogP contribution in [-0.4, -0.2) is 22.6 Å². The van der Waals surface area contributed by atoms with Crippen molar-refractivity contribution in [2.24, 2.45) is 0 Å². The van der Waals surface area contributed by atoms with E-state index < -0.39 is 0 Å². The molecule has 4 nitrogen and oxygen atoms in total. The second kappa shape index (κ2) is 7.13. The van der Waals surface area contributed by atoms with Crippen LogP contribution in [-0.2, 0) is 9.53 Å². The van der Waals surface area contributed by atoms with Crippen molar-refractivity contribution in [2.75, 3.05) is 7.11 Å². The molecule has 0 aliphatic heterocycles. The molecule has 0 spiro atoms. The topological polar surface area (TPSA) is 44.1 Å². The third-order valence-corrected chi connectivity index (χ3v) is 4.22. The molecule has 0 N–H and O–H groups in total. The summed E-state index contributed by atoms with van der Waals surface area (Å²) in [6, 6.07) is 18.4. The van der Waals surface area contributed by atoms with Crippen molar-refractivity contribution in [1.82, 2.24) is 9.55 Å². The van der Waals surface area contributed by atoms with Crippen LogP contribution >= 0.6 is 0 Å². The molecule has 24 heavy (non-hydrogen) atoms. The van der Waals surface area contributed by atoms with Gasteiger partial charge < -0.3 is 9.30 Å². The zero-order valence-corrected chi connectivity index (χ0v) is 13.8. The minimum Gasteiger partial charge on any atom is -0.469 e. The number of ether oxygens (including phenoxy) is 1. The molecule has 0 amide bonds. The van der Waals surface area contributed by atoms with Crippen LogP contribution < -0.4 is 0 Å². The van der Waals surface area contributed by atoms with Gasteiger partial charge >= 0.3 is 5.97 Å². The van der Waals surface area contributed by atoms with Gasteiger partial charge in [0.2, 0.25) is 0 Å². The first-order valence-corrected chi connectivity index (χ1v) is 7.90. The molecule has 3 aromatic rings. The number of carbonyl (C=O) groups excluding carboxylic acids is 1. The summed E-state index contributed by atoms with van der Waals surface area (Å²) in [5.74, 6) is -0.528. The van der Waals surface area contributed by atoms with Gasteiger partial charge in [0.05, 0.1) is 25.4 Å². The number of aromatic nitrogens is 2. The molecule has 0 fully saturated rings. The molecule has 0 radical (unpaired) electrons. The Hall–Kier alpha value is -2.88. The number of hydrogen-bond acceptors (Lipinski definition) is 3. The van der Waals surface area contributed by atoms with Gasteiger partial charge in [0, 0.05) is 12.4 Å². The summed E-state index contributed by atoms with van der Waals surface area (Å²) in [4.78, 5) is 16.0. The van der Waals surface area contributed by atoms with Gasteiger partial charge in [-0.05, 0) is 23.6 Å². The predicted octanol–water partition coefficient (Wildman–Crippen LogP) is 3.80. The monoisotopic (exact) mass is 320 g/mol. The van der Waals surface area contributed by atoms with Gasteiger partial charge in [-0.15, -0.1) is 0 Å². The zero-order valence-electron chi connectivity index (χ0n) is 13.8. The lowest BCUT2D eigenvalue weighted by atomic mass is 9.93. The van der Waals surface area contributed by atoms with Crippen LogP contribution in [0.5, 0.6) is 0 Å². The maximum atomic E-state index is 11.9. The normalized spacial score (nSPS) is 13.2. The van der Waals surface area contributed by atoms with Gasteiger partial charge in [-0.1, -0.05) is 54.6 Å². The van der Waals surface area contributed by atoms with Crippen molar-refractivity contribution in [3.8, 4) is 0 Å². The molecule has 2 aromatic carbocycles. The van der Waals surface area contributed by atoms with Crippen molar-refractivity contribution in [2.45, 2.75) is 18.9 Å². The largest absolute Gasteiger partial charge is 0.469 e. The SMILES string of the molecule is COC(=O)C(C)c1cccc(C(c2ccccc2)n2ccnc2)c1. The molecule has 0 saturated carbocycles. The fourth-order valence-corrected chi connectivity index (χ4v) is 2.91. The number of benzene rings is 2. The molecule has 1 heterocycles. The smallest absolute Gasteiger partial charge is 0.312 e. The summed E-state index contributed by atoms with van der Waals surface area (Å²) in [5, 5.41) is 0. The molecular formula is C20H20N2O2. The van der Waals surface area contributed by atoms with Crippen molar-refractivity contribution in [3.05, 3.63) is 90.0 Å². The number of imidazole rings is 1. The van der Waals surface area contributed by atoms with E-state index in [0.717, 1.165) is 11.1 Å². The summed E-state index contributed by atoms with van der Waals surface area (Å²) in [5.41, 5.74) is 3.21. The number of methoxy groups -OCH3 is 1. The number of esters is 1. The summed E-state index contributed by atoms with van der Waals surface area (Å²) in [6.45, 7) is 1.86. The van der Waals surface area contributed by atoms with E-state index in [4.69, 9.17) is 4.74 Å². The van der Waals surface area contributed by atoms with E-state index in [1.165, 1.54) is 12.7 Å². The van der Waals surface area contributed by atoms with Crippen LogP contribution in [0.1, 0.15) is 35.6 Å². The van der Waals surface area contributed by atoms with E-state index in [0.29, 0.717) is 0 Å². The van der Waals surface area contributed by atoms with Crippen molar-refractivity contribution >= 4 is 5.97 Å². The van der Waals surface area contributed by atoms with E-state index in [2.05, 4.69) is 33.8 Å². The average Bonchev–Trinajstić information content (AvgIpc) is 3.16. The minimum absolute atomic E-state index is 0.0125. The number of rotatable bonds is 5. The molecule has 122 valence electrons. The van der Waals surface area contributed by atoms with Gasteiger partial charge in [-0.25, -0.2) is 4.98 Å². The lowest BCUT2D eigenvalue weighted by Gasteiger charge is -2.21. The molecule has 0 saturated heterocycles. The Bertz CT molecular complexity index is 798. The standard InChI is InChI=1S/C20H20N2O2/c1-15(20(23)24-2)17-9-6-10-18(13-17)19(22-12-11-21-14-22)16-7-4-3-5-8-16/h3-15,19H,1-2H3. The van der Waals surface area contributed by atoms with Gasteiger partial charge in [0.25, 0.3) is 0 Å². The molecular weight excluding hydrogens is 300 g/mol. The van der Waals surface area contributed by atoms with Gasteiger partial charge in [-0.3, -0.25) is 4.79 Å². The lowest BCUT2D eigenvalue weighted by molar-refractivity contribution is -0.141. The maximum absolute atomic E-state index is 11.9. The third-order valence-electron chi connectivity index (χ3n) is 4.22. The molecule has 0 aliphatic rings. The van der Waals surface area contributed by atoms with Gasteiger partial charge in [-0.2, -0.15) is 0 Å². The van der Waals surface area contributed by atoms with Crippen molar-refractivity contribution in [3.63, 3.8) is 0 Å². The van der Waals surface area contributed by atoms with Crippen LogP contribution in [0, 0.1) is 0 Å². The third kappa shape index (κ3) is 3.23. The first-order chi connectivity index (χ1) is 11.7. The molecule has 0 bridgehead atoms. The van der Waals surface area contributed by atoms with Crippen LogP contribution in [0.3, 0.4) is 0 Å². The molecule has 1 aromatic heterocycles. The Morgan fingerprint density at radius 2 is 1.75 bits per heavy atom. The maximum Gasteiger partial charge on any atom is 0.312 e. The Morgan fingerprint density at radius 3 is 2.42 bits per heavy atom. The highest BCUT2D eigenvalue weighted by atomic mass is 16.5. The fourth-order valence-electron chi connectivity index (χ4n) is 2.91. The highest BCUT2D eigenvalue weighted by Gasteiger charge is 2.20. The highest BCUT2D eigenvalue weighted by molar-refractivity contribution is 5.77. The summed E-state index contributed by atoms with van der Waals surface area (Å²) < 4.78 is 6.94. The van der Waals surface area contributed by atoms with Crippen LogP contribution in [0.2, 0.25) is 0 Å². The highest BCUT2D eigenvalue weighted by Crippen LogP contribution is 2.29. The molecule has 2 atom stereocenters. The molecule has 2 unspecified atom stereocenters. The van der Waals surface area contributed by atoms with Gasteiger partial charge in [0.15, 0.2) is 0 Å². The molecule has 0 aliphatic carbocycles. The van der Waals surface area contributed by atoms with Crippen molar-refractivity contribution < 1.29 is 9.53 Å². The Balaban J connectivity index is 2.05. The Labute approximate surface area is 141 Å². The van der Waals surface area contributed by atoms with Gasteiger partial charge in [0.1, 0.15) is 0 Å². The van der Waals surface area contributed by atoms with E-state index in [1.54, 1.807) is 6.20 Å². The van der Waals surface area contributed by atoms with Crippen LogP contribution in [0.4, 0.5) is 0 Å². The first-order valence-electron chi connectivity index (χ1n) is 7.90. The second-order valence-electron chi connectivity index (χ2n) is 5.74. The van der Waals surface area contributed by atoms with E-state index in [1.807, 2.05) is 49.8 Å². The first kappa shape index (κ1) is 16.0. The Morgan fingerprint density at radius 1 is 1.04 bits per heavy atom. The number of carbonyl (C=O) groups is 1. The van der Waals surface area contributed by atoms with E-state index in [9.17, 15) is 4.79 Å². The minimum atomic E-state index is -0.297. The quantitative estimate of drug-likeness (QED) is 0.672. The summed E-state index contributed by atoms with van der Waals surface area (Å²) in [7, 11) is 1.42. The number of nitrogens with zero attached hydrogens (tertiary/aromatic N) is 2.